The molecule has 0 saturated carbocycles. The smallest absolute Gasteiger partial charge is 0.319 e. The predicted molar refractivity (Wildman–Crippen MR) is 145 cm³/mol. The maximum absolute atomic E-state index is 12.7. The summed E-state index contributed by atoms with van der Waals surface area (Å²) < 4.78 is 7.48. The summed E-state index contributed by atoms with van der Waals surface area (Å²) in [6.07, 6.45) is 0. The minimum atomic E-state index is -0.380. The molecule has 36 heavy (non-hydrogen) atoms. The Morgan fingerprint density at radius 2 is 1.72 bits per heavy atom. The third-order valence-corrected chi connectivity index (χ3v) is 6.70. The van der Waals surface area contributed by atoms with E-state index in [0.717, 1.165) is 22.3 Å². The summed E-state index contributed by atoms with van der Waals surface area (Å²) in [6.45, 7) is 8.60. The molecule has 0 fully saturated rings. The molecule has 0 radical (unpaired) electrons. The first kappa shape index (κ1) is 25.3. The van der Waals surface area contributed by atoms with Gasteiger partial charge >= 0.3 is 6.03 Å². The molecule has 186 valence electrons. The van der Waals surface area contributed by atoms with Crippen molar-refractivity contribution in [3.05, 3.63) is 95.3 Å². The number of anilines is 1. The third-order valence-electron chi connectivity index (χ3n) is 5.73. The SMILES string of the molecule is CCOc1ccc(NC(=O)NC(C)c2nnc(SCc3ccccc3C)n2-c2ccc(C)cc2)cc1. The molecule has 1 aromatic heterocycles. The molecule has 4 rings (SSSR count). The molecule has 0 saturated heterocycles. The van der Waals surface area contributed by atoms with Crippen LogP contribution in [0.25, 0.3) is 5.69 Å². The Morgan fingerprint density at radius 3 is 2.42 bits per heavy atom. The molecule has 3 aromatic carbocycles. The number of aryl methyl sites for hydroxylation is 2. The van der Waals surface area contributed by atoms with E-state index in [1.54, 1.807) is 11.8 Å². The van der Waals surface area contributed by atoms with Crippen LogP contribution in [0, 0.1) is 13.8 Å². The highest BCUT2D eigenvalue weighted by atomic mass is 32.2. The van der Waals surface area contributed by atoms with Crippen molar-refractivity contribution in [3.63, 3.8) is 0 Å². The second-order valence-corrected chi connectivity index (χ2v) is 9.45. The summed E-state index contributed by atoms with van der Waals surface area (Å²) in [7, 11) is 0. The summed E-state index contributed by atoms with van der Waals surface area (Å²) in [5, 5.41) is 15.6. The van der Waals surface area contributed by atoms with Gasteiger partial charge in [0, 0.05) is 17.1 Å². The Kier molecular flexibility index (Phi) is 8.28. The van der Waals surface area contributed by atoms with Gasteiger partial charge in [-0.1, -0.05) is 53.7 Å². The Hall–Kier alpha value is -3.78. The monoisotopic (exact) mass is 501 g/mol. The predicted octanol–water partition coefficient (Wildman–Crippen LogP) is 6.46. The highest BCUT2D eigenvalue weighted by molar-refractivity contribution is 7.98. The first-order valence-electron chi connectivity index (χ1n) is 11.9. The largest absolute Gasteiger partial charge is 0.494 e. The van der Waals surface area contributed by atoms with Gasteiger partial charge in [0.15, 0.2) is 11.0 Å². The van der Waals surface area contributed by atoms with Crippen LogP contribution in [0.15, 0.2) is 78.0 Å². The van der Waals surface area contributed by atoms with E-state index in [1.807, 2.05) is 66.9 Å². The van der Waals surface area contributed by atoms with Gasteiger partial charge in [0.2, 0.25) is 0 Å². The van der Waals surface area contributed by atoms with Gasteiger partial charge < -0.3 is 15.4 Å². The average Bonchev–Trinajstić information content (AvgIpc) is 3.29. The van der Waals surface area contributed by atoms with Gasteiger partial charge in [0.25, 0.3) is 0 Å². The fourth-order valence-electron chi connectivity index (χ4n) is 3.74. The Balaban J connectivity index is 1.53. The molecule has 0 bridgehead atoms. The molecule has 0 aliphatic heterocycles. The van der Waals surface area contributed by atoms with Gasteiger partial charge in [-0.25, -0.2) is 4.79 Å². The number of benzene rings is 3. The van der Waals surface area contributed by atoms with Crippen LogP contribution in [-0.2, 0) is 5.75 Å². The number of thioether (sulfide) groups is 1. The summed E-state index contributed by atoms with van der Waals surface area (Å²) >= 11 is 1.63. The molecule has 0 aliphatic carbocycles. The highest BCUT2D eigenvalue weighted by Gasteiger charge is 2.21. The van der Waals surface area contributed by atoms with Crippen molar-refractivity contribution in [2.75, 3.05) is 11.9 Å². The summed E-state index contributed by atoms with van der Waals surface area (Å²) in [5.74, 6) is 2.20. The standard InChI is InChI=1S/C28H31N5O2S/c1-5-35-25-16-12-23(13-17-25)30-27(34)29-21(4)26-31-32-28(33(26)24-14-10-19(2)11-15-24)36-18-22-9-7-6-8-20(22)3/h6-17,21H,5,18H2,1-4H3,(H2,29,30,34). The van der Waals surface area contributed by atoms with Crippen LogP contribution in [0.2, 0.25) is 0 Å². The molecule has 2 N–H and O–H groups in total. The number of carbonyl (C=O) groups excluding carboxylic acids is 1. The Bertz CT molecular complexity index is 1300. The Labute approximate surface area is 216 Å². The zero-order valence-electron chi connectivity index (χ0n) is 21.0. The first-order chi connectivity index (χ1) is 17.4. The highest BCUT2D eigenvalue weighted by Crippen LogP contribution is 2.28. The first-order valence-corrected chi connectivity index (χ1v) is 12.9. The van der Waals surface area contributed by atoms with Crippen molar-refractivity contribution < 1.29 is 9.53 Å². The second-order valence-electron chi connectivity index (χ2n) is 8.50. The molecule has 1 heterocycles. The molecule has 0 aliphatic rings. The van der Waals surface area contributed by atoms with Crippen molar-refractivity contribution in [2.24, 2.45) is 0 Å². The van der Waals surface area contributed by atoms with Crippen LogP contribution >= 0.6 is 11.8 Å². The summed E-state index contributed by atoms with van der Waals surface area (Å²) in [6, 6.07) is 23.1. The number of nitrogens with one attached hydrogen (secondary N) is 2. The minimum Gasteiger partial charge on any atom is -0.494 e. The van der Waals surface area contributed by atoms with Gasteiger partial charge in [-0.05, 0) is 75.2 Å². The third kappa shape index (κ3) is 6.26. The van der Waals surface area contributed by atoms with Gasteiger partial charge in [0.05, 0.1) is 12.6 Å². The number of urea groups is 1. The number of aromatic nitrogens is 3. The number of rotatable bonds is 9. The molecular formula is C28H31N5O2S. The number of ether oxygens (including phenoxy) is 1. The lowest BCUT2D eigenvalue weighted by Crippen LogP contribution is -2.32. The minimum absolute atomic E-state index is 0.320. The zero-order valence-corrected chi connectivity index (χ0v) is 21.8. The fourth-order valence-corrected chi connectivity index (χ4v) is 4.77. The van der Waals surface area contributed by atoms with Crippen LogP contribution in [0.3, 0.4) is 0 Å². The van der Waals surface area contributed by atoms with Crippen molar-refractivity contribution in [2.45, 2.75) is 44.6 Å². The van der Waals surface area contributed by atoms with E-state index in [9.17, 15) is 4.79 Å². The molecule has 7 nitrogen and oxygen atoms in total. The lowest BCUT2D eigenvalue weighted by atomic mass is 10.1. The summed E-state index contributed by atoms with van der Waals surface area (Å²) in [5.41, 5.74) is 5.30. The van der Waals surface area contributed by atoms with Crippen LogP contribution in [0.1, 0.15) is 42.4 Å². The van der Waals surface area contributed by atoms with Gasteiger partial charge in [0.1, 0.15) is 5.75 Å². The van der Waals surface area contributed by atoms with Gasteiger partial charge in [-0.15, -0.1) is 10.2 Å². The number of carbonyl (C=O) groups is 1. The van der Waals surface area contributed by atoms with E-state index in [0.29, 0.717) is 18.1 Å². The Morgan fingerprint density at radius 1 is 1.00 bits per heavy atom. The second kappa shape index (κ2) is 11.8. The van der Waals surface area contributed by atoms with Crippen molar-refractivity contribution in [3.8, 4) is 11.4 Å². The van der Waals surface area contributed by atoms with E-state index in [4.69, 9.17) is 4.74 Å². The van der Waals surface area contributed by atoms with E-state index in [1.165, 1.54) is 16.7 Å². The lowest BCUT2D eigenvalue weighted by molar-refractivity contribution is 0.248. The normalized spacial score (nSPS) is 11.7. The number of nitrogens with zero attached hydrogens (tertiary/aromatic N) is 3. The van der Waals surface area contributed by atoms with Gasteiger partial charge in [-0.3, -0.25) is 4.57 Å². The van der Waals surface area contributed by atoms with Crippen LogP contribution in [-0.4, -0.2) is 27.4 Å². The fraction of sp³-hybridized carbons (Fsp3) is 0.250. The van der Waals surface area contributed by atoms with Crippen LogP contribution in [0.4, 0.5) is 10.5 Å². The molecular weight excluding hydrogens is 470 g/mol. The molecule has 8 heteroatoms. The van der Waals surface area contributed by atoms with Crippen LogP contribution < -0.4 is 15.4 Å². The lowest BCUT2D eigenvalue weighted by Gasteiger charge is -2.17. The maximum Gasteiger partial charge on any atom is 0.319 e. The number of amides is 2. The van der Waals surface area contributed by atoms with E-state index in [2.05, 4.69) is 58.9 Å². The maximum atomic E-state index is 12.7. The van der Waals surface area contributed by atoms with E-state index < -0.39 is 0 Å². The molecule has 1 unspecified atom stereocenters. The quantitative estimate of drug-likeness (QED) is 0.257. The van der Waals surface area contributed by atoms with E-state index >= 15 is 0 Å². The molecule has 0 spiro atoms. The number of hydrogen-bond acceptors (Lipinski definition) is 5. The molecule has 2 amide bonds. The average molecular weight is 502 g/mol. The van der Waals surface area contributed by atoms with Crippen molar-refractivity contribution >= 4 is 23.5 Å². The van der Waals surface area contributed by atoms with E-state index in [-0.39, 0.29) is 12.1 Å². The molecule has 1 atom stereocenters. The van der Waals surface area contributed by atoms with Crippen LogP contribution in [0.5, 0.6) is 5.75 Å². The van der Waals surface area contributed by atoms with Crippen molar-refractivity contribution in [1.82, 2.24) is 20.1 Å². The number of hydrogen-bond donors (Lipinski definition) is 2. The van der Waals surface area contributed by atoms with Crippen molar-refractivity contribution in [1.29, 1.82) is 0 Å². The topological polar surface area (TPSA) is 81.1 Å². The molecule has 4 aromatic rings. The van der Waals surface area contributed by atoms with Gasteiger partial charge in [-0.2, -0.15) is 0 Å². The summed E-state index contributed by atoms with van der Waals surface area (Å²) in [4.78, 5) is 12.7. The zero-order chi connectivity index (χ0) is 25.5.